The van der Waals surface area contributed by atoms with Gasteiger partial charge in [-0.3, -0.25) is 9.69 Å². The first kappa shape index (κ1) is 16.1. The van der Waals surface area contributed by atoms with Gasteiger partial charge in [0.25, 0.3) is 15.9 Å². The van der Waals surface area contributed by atoms with Crippen molar-refractivity contribution in [3.05, 3.63) is 40.0 Å². The van der Waals surface area contributed by atoms with Crippen molar-refractivity contribution in [2.75, 3.05) is 17.2 Å². The van der Waals surface area contributed by atoms with E-state index in [2.05, 4.69) is 20.3 Å². The maximum Gasteiger partial charge on any atom is 0.262 e. The van der Waals surface area contributed by atoms with E-state index < -0.39 is 33.7 Å². The molecule has 1 aromatic carbocycles. The van der Waals surface area contributed by atoms with E-state index in [0.717, 1.165) is 15.9 Å². The number of hydrogen-bond donors (Lipinski definition) is 0. The van der Waals surface area contributed by atoms with Crippen LogP contribution in [0.2, 0.25) is 0 Å². The molecule has 23 heavy (non-hydrogen) atoms. The molecule has 0 N–H and O–H groups in total. The monoisotopic (exact) mass is 405 g/mol. The lowest BCUT2D eigenvalue weighted by Gasteiger charge is -2.36. The van der Waals surface area contributed by atoms with Gasteiger partial charge in [0.05, 0.1) is 17.5 Å². The topological polar surface area (TPSA) is 70.1 Å². The number of aryl methyl sites for hydroxylation is 1. The molecule has 0 bridgehead atoms. The van der Waals surface area contributed by atoms with E-state index in [1.807, 2.05) is 0 Å². The Hall–Kier alpha value is -1.81. The van der Waals surface area contributed by atoms with Crippen molar-refractivity contribution in [3.63, 3.8) is 0 Å². The number of anilines is 1. The number of guanidine groups is 1. The van der Waals surface area contributed by atoms with Gasteiger partial charge in [-0.15, -0.1) is 4.40 Å². The lowest BCUT2D eigenvalue weighted by atomic mass is 10.2. The fraction of sp³-hybridized carbons (Fsp3) is 0.231. The molecular weight excluding hydrogens is 396 g/mol. The number of fused-ring (bicyclic) bond motifs is 1. The third kappa shape index (κ3) is 2.76. The summed E-state index contributed by atoms with van der Waals surface area (Å²) >= 11 is 3.16. The van der Waals surface area contributed by atoms with E-state index in [-0.39, 0.29) is 18.0 Å². The summed E-state index contributed by atoms with van der Waals surface area (Å²) in [7, 11) is -3.85. The quantitative estimate of drug-likeness (QED) is 0.670. The molecule has 0 radical (unpaired) electrons. The van der Waals surface area contributed by atoms with Crippen LogP contribution < -0.4 is 4.90 Å². The molecule has 122 valence electrons. The van der Waals surface area contributed by atoms with Crippen LogP contribution in [-0.4, -0.2) is 37.5 Å². The minimum absolute atomic E-state index is 0.194. The second-order valence-corrected chi connectivity index (χ2v) is 7.63. The van der Waals surface area contributed by atoms with Crippen molar-refractivity contribution >= 4 is 43.5 Å². The Kier molecular flexibility index (Phi) is 3.75. The lowest BCUT2D eigenvalue weighted by Crippen LogP contribution is -2.53. The number of carbonyl (C=O) groups is 1. The number of nitrogens with zero attached hydrogens (tertiary/aromatic N) is 3. The first-order chi connectivity index (χ1) is 10.7. The molecule has 0 aromatic heterocycles. The zero-order valence-electron chi connectivity index (χ0n) is 11.8. The maximum absolute atomic E-state index is 14.3. The third-order valence-electron chi connectivity index (χ3n) is 3.42. The molecule has 2 aliphatic heterocycles. The molecule has 0 unspecified atom stereocenters. The molecule has 1 aromatic rings. The predicted molar refractivity (Wildman–Crippen MR) is 83.4 cm³/mol. The maximum atomic E-state index is 14.3. The minimum atomic E-state index is -3.85. The van der Waals surface area contributed by atoms with Gasteiger partial charge in [-0.05, 0) is 24.6 Å². The molecule has 0 aliphatic carbocycles. The number of sulfonamides is 1. The van der Waals surface area contributed by atoms with Gasteiger partial charge in [0.15, 0.2) is 0 Å². The second kappa shape index (κ2) is 5.38. The van der Waals surface area contributed by atoms with Gasteiger partial charge in [0, 0.05) is 11.0 Å². The zero-order valence-corrected chi connectivity index (χ0v) is 14.2. The van der Waals surface area contributed by atoms with Crippen molar-refractivity contribution < 1.29 is 22.0 Å². The summed E-state index contributed by atoms with van der Waals surface area (Å²) in [5.74, 6) is -3.44. The predicted octanol–water partition coefficient (Wildman–Crippen LogP) is 2.06. The number of amides is 1. The number of benzene rings is 1. The average molecular weight is 406 g/mol. The highest BCUT2D eigenvalue weighted by Crippen LogP contribution is 2.31. The molecule has 1 amide bonds. The van der Waals surface area contributed by atoms with E-state index in [9.17, 15) is 22.0 Å². The molecule has 2 heterocycles. The molecule has 0 fully saturated rings. The summed E-state index contributed by atoms with van der Waals surface area (Å²) in [6, 6.07) is 2.51. The second-order valence-electron chi connectivity index (χ2n) is 5.02. The van der Waals surface area contributed by atoms with E-state index in [1.54, 1.807) is 6.92 Å². The minimum Gasteiger partial charge on any atom is -0.286 e. The summed E-state index contributed by atoms with van der Waals surface area (Å²) in [4.78, 5) is 13.8. The Morgan fingerprint density at radius 2 is 2.00 bits per heavy atom. The van der Waals surface area contributed by atoms with Crippen LogP contribution in [0.3, 0.4) is 0 Å². The summed E-state index contributed by atoms with van der Waals surface area (Å²) in [6.07, 6.45) is 0.674. The highest BCUT2D eigenvalue weighted by Gasteiger charge is 2.39. The largest absolute Gasteiger partial charge is 0.286 e. The van der Waals surface area contributed by atoms with E-state index in [0.29, 0.717) is 16.1 Å². The fourth-order valence-electron chi connectivity index (χ4n) is 2.27. The van der Waals surface area contributed by atoms with Gasteiger partial charge < -0.3 is 0 Å². The fourth-order valence-corrected chi connectivity index (χ4v) is 3.52. The van der Waals surface area contributed by atoms with Gasteiger partial charge in [-0.25, -0.2) is 17.7 Å². The van der Waals surface area contributed by atoms with Crippen LogP contribution in [0.5, 0.6) is 0 Å². The summed E-state index contributed by atoms with van der Waals surface area (Å²) in [5, 5.41) is 0. The molecule has 3 rings (SSSR count). The normalized spacial score (nSPS) is 20.1. The van der Waals surface area contributed by atoms with Crippen LogP contribution in [0, 0.1) is 12.7 Å². The van der Waals surface area contributed by atoms with Gasteiger partial charge in [-0.1, -0.05) is 15.9 Å². The standard InChI is InChI=1S/C13H10BrF2N3O3S/c1-7-4-10(9(15)5-8(7)14)19-12(20)6-11(16)18-2-3-23(21,22)17-13(18)19/h4-6H,2-3H2,1H3. The third-order valence-corrected chi connectivity index (χ3v) is 5.42. The van der Waals surface area contributed by atoms with Crippen molar-refractivity contribution in [2.24, 2.45) is 4.40 Å². The molecular formula is C13H10BrF2N3O3S. The molecule has 0 saturated heterocycles. The number of carbonyl (C=O) groups excluding carboxylic acids is 1. The van der Waals surface area contributed by atoms with Crippen molar-refractivity contribution in [1.82, 2.24) is 4.90 Å². The summed E-state index contributed by atoms with van der Waals surface area (Å²) in [5.41, 5.74) is 0.426. The van der Waals surface area contributed by atoms with Crippen LogP contribution in [-0.2, 0) is 14.8 Å². The van der Waals surface area contributed by atoms with Gasteiger partial charge in [0.1, 0.15) is 5.82 Å². The van der Waals surface area contributed by atoms with Crippen LogP contribution in [0.1, 0.15) is 5.56 Å². The van der Waals surface area contributed by atoms with Crippen LogP contribution in [0.15, 0.2) is 33.0 Å². The van der Waals surface area contributed by atoms with E-state index >= 15 is 0 Å². The van der Waals surface area contributed by atoms with E-state index in [4.69, 9.17) is 0 Å². The summed E-state index contributed by atoms with van der Waals surface area (Å²) < 4.78 is 55.5. The van der Waals surface area contributed by atoms with Crippen molar-refractivity contribution in [1.29, 1.82) is 0 Å². The van der Waals surface area contributed by atoms with E-state index in [1.165, 1.54) is 6.07 Å². The number of hydrogen-bond acceptors (Lipinski definition) is 4. The molecule has 6 nitrogen and oxygen atoms in total. The van der Waals surface area contributed by atoms with Crippen LogP contribution in [0.25, 0.3) is 0 Å². The smallest absolute Gasteiger partial charge is 0.262 e. The Balaban J connectivity index is 2.23. The Morgan fingerprint density at radius 3 is 2.70 bits per heavy atom. The van der Waals surface area contributed by atoms with Gasteiger partial charge in [0.2, 0.25) is 11.9 Å². The highest BCUT2D eigenvalue weighted by atomic mass is 79.9. The molecule has 10 heteroatoms. The molecule has 0 atom stereocenters. The number of halogens is 3. The first-order valence-corrected chi connectivity index (χ1v) is 8.87. The molecule has 0 spiro atoms. The zero-order chi connectivity index (χ0) is 16.9. The van der Waals surface area contributed by atoms with Crippen LogP contribution >= 0.6 is 15.9 Å². The van der Waals surface area contributed by atoms with Gasteiger partial charge in [-0.2, -0.15) is 4.39 Å². The summed E-state index contributed by atoms with van der Waals surface area (Å²) in [6.45, 7) is 1.47. The first-order valence-electron chi connectivity index (χ1n) is 6.47. The molecule has 0 saturated carbocycles. The highest BCUT2D eigenvalue weighted by molar-refractivity contribution is 9.10. The Morgan fingerprint density at radius 1 is 1.30 bits per heavy atom. The Bertz CT molecular complexity index is 883. The van der Waals surface area contributed by atoms with Gasteiger partial charge >= 0.3 is 0 Å². The molecule has 2 aliphatic rings. The number of rotatable bonds is 1. The average Bonchev–Trinajstić information content (AvgIpc) is 2.42. The van der Waals surface area contributed by atoms with Crippen molar-refractivity contribution in [3.8, 4) is 0 Å². The van der Waals surface area contributed by atoms with Crippen molar-refractivity contribution in [2.45, 2.75) is 6.92 Å². The van der Waals surface area contributed by atoms with Crippen LogP contribution in [0.4, 0.5) is 14.5 Å². The SMILES string of the molecule is Cc1cc(N2C(=O)C=C(F)N3CCS(=O)(=O)N=C32)c(F)cc1Br. The lowest BCUT2D eigenvalue weighted by molar-refractivity contribution is -0.113. The Labute approximate surface area is 139 Å².